The first kappa shape index (κ1) is 54.7. The van der Waals surface area contributed by atoms with Crippen LogP contribution < -0.4 is 60.6 Å². The highest BCUT2D eigenvalue weighted by atomic mass is 33.1. The number of nitrogens with one attached hydrogen (secondary N) is 7. The molecule has 21 nitrogen and oxygen atoms in total. The van der Waals surface area contributed by atoms with E-state index in [0.717, 1.165) is 10.9 Å². The number of aromatic amines is 1. The van der Waals surface area contributed by atoms with E-state index in [9.17, 15) is 38.7 Å². The van der Waals surface area contributed by atoms with E-state index < -0.39 is 94.5 Å². The predicted octanol–water partition coefficient (Wildman–Crippen LogP) is -1.20. The van der Waals surface area contributed by atoms with Crippen LogP contribution in [0.1, 0.15) is 70.4 Å². The Morgan fingerprint density at radius 2 is 1.46 bits per heavy atom. The number of benzene rings is 2. The number of primary amides is 1. The molecule has 23 heteroatoms. The van der Waals surface area contributed by atoms with Gasteiger partial charge in [0.05, 0.1) is 12.1 Å². The number of H-pyrrole nitrogens is 1. The van der Waals surface area contributed by atoms with Gasteiger partial charge >= 0.3 is 0 Å². The number of carbonyl (C=O) groups is 7. The highest BCUT2D eigenvalue weighted by Crippen LogP contribution is 2.39. The molecule has 2 aromatic carbocycles. The Balaban J connectivity index is 1.80. The summed E-state index contributed by atoms with van der Waals surface area (Å²) in [6.07, 6.45) is 1.69. The van der Waals surface area contributed by atoms with Crippen LogP contribution in [-0.4, -0.2) is 129 Å². The minimum absolute atomic E-state index is 0.00900. The third-order valence-corrected chi connectivity index (χ3v) is 14.6. The van der Waals surface area contributed by atoms with Crippen LogP contribution in [0.25, 0.3) is 10.9 Å². The lowest BCUT2D eigenvalue weighted by molar-refractivity contribution is -0.136. The average molecular weight is 982 g/mol. The van der Waals surface area contributed by atoms with E-state index in [4.69, 9.17) is 28.7 Å². The van der Waals surface area contributed by atoms with Crippen molar-refractivity contribution >= 4 is 79.8 Å². The maximum atomic E-state index is 14.5. The number of nitrogens with zero attached hydrogens (tertiary/aromatic N) is 1. The van der Waals surface area contributed by atoms with Crippen molar-refractivity contribution in [3.63, 3.8) is 0 Å². The summed E-state index contributed by atoms with van der Waals surface area (Å²) in [6, 6.07) is 6.85. The van der Waals surface area contributed by atoms with Crippen molar-refractivity contribution in [3.05, 3.63) is 71.9 Å². The van der Waals surface area contributed by atoms with Crippen molar-refractivity contribution in [1.82, 2.24) is 36.9 Å². The number of aliphatic hydroxyl groups excluding tert-OH is 1. The summed E-state index contributed by atoms with van der Waals surface area (Å²) in [4.78, 5) is 105. The first-order valence-electron chi connectivity index (χ1n) is 22.5. The van der Waals surface area contributed by atoms with Gasteiger partial charge in [0, 0.05) is 47.0 Å². The zero-order chi connectivity index (χ0) is 50.0. The quantitative estimate of drug-likeness (QED) is 0.0347. The fourth-order valence-corrected chi connectivity index (χ4v) is 10.2. The average Bonchev–Trinajstić information content (AvgIpc) is 3.70. The van der Waals surface area contributed by atoms with Crippen LogP contribution in [0.5, 0.6) is 0 Å². The van der Waals surface area contributed by atoms with Crippen LogP contribution in [0, 0.1) is 0 Å². The third kappa shape index (κ3) is 16.7. The molecule has 8 atom stereocenters. The molecule has 68 heavy (non-hydrogen) atoms. The number of rotatable bonds is 16. The van der Waals surface area contributed by atoms with Gasteiger partial charge in [0.1, 0.15) is 36.3 Å². The predicted molar refractivity (Wildman–Crippen MR) is 264 cm³/mol. The molecule has 7 amide bonds. The Bertz CT molecular complexity index is 2220. The molecule has 4 rings (SSSR count). The molecule has 372 valence electrons. The monoisotopic (exact) mass is 981 g/mol. The number of aliphatic hydroxyl groups is 1. The van der Waals surface area contributed by atoms with Crippen molar-refractivity contribution in [2.24, 2.45) is 33.7 Å². The molecule has 0 unspecified atom stereocenters. The van der Waals surface area contributed by atoms with Crippen molar-refractivity contribution in [2.75, 3.05) is 18.8 Å². The highest BCUT2D eigenvalue weighted by molar-refractivity contribution is 8.77. The number of para-hydroxylation sites is 1. The standard InChI is InChI=1S/C45H67N13O8S2/c1-25(59)35-43(66)56-33(22-26-12-5-4-6-13-26)41(64)54-31(17-11-20-51-44(49)50)39(62)55-34(23-27-24-52-30-16-8-7-14-28(27)30)42(65)58-36(37(48)60)45(2,3)68-67-21-18-32(40(63)57-35)53-38(61)29(47)15-9-10-19-46/h4-8,12-14,16,24-25,29,31-36,52,59H,9-11,15,17-23,46-47H2,1-3H3,(H2,48,60)(H,53,61)(H,54,64)(H,55,62)(H,56,66)(H,57,63)(H,58,65)(H4,49,50,51)/t25-,29-,31+,32+,33-,34+,35+,36-/m1/s1. The van der Waals surface area contributed by atoms with E-state index in [-0.39, 0.29) is 50.4 Å². The van der Waals surface area contributed by atoms with E-state index in [1.807, 2.05) is 24.3 Å². The molecular formula is C45H67N13O8S2. The Labute approximate surface area is 403 Å². The molecule has 0 bridgehead atoms. The summed E-state index contributed by atoms with van der Waals surface area (Å²) in [7, 11) is 2.42. The summed E-state index contributed by atoms with van der Waals surface area (Å²) in [6.45, 7) is 5.14. The van der Waals surface area contributed by atoms with Gasteiger partial charge in [-0.3, -0.25) is 38.6 Å². The van der Waals surface area contributed by atoms with Gasteiger partial charge in [-0.05, 0) is 76.6 Å². The highest BCUT2D eigenvalue weighted by Gasteiger charge is 2.40. The minimum Gasteiger partial charge on any atom is -0.391 e. The Hall–Kier alpha value is -5.88. The van der Waals surface area contributed by atoms with Crippen LogP contribution in [-0.2, 0) is 46.4 Å². The second kappa shape index (κ2) is 26.6. The number of nitrogens with two attached hydrogens (primary N) is 5. The maximum absolute atomic E-state index is 14.5. The SMILES string of the molecule is C[C@@H](O)[C@@H]1NC(=O)[C@@H](NC(=O)[C@H](N)CCCCN)CCSSC(C)(C)[C@@H](C(N)=O)NC(=O)[C@H](Cc2c[nH]c3ccccc23)NC(=O)[C@H](CCCN=C(N)N)NC(=O)[C@@H](Cc2ccccc2)NC1=O. The molecule has 0 saturated carbocycles. The fourth-order valence-electron chi connectivity index (χ4n) is 7.45. The maximum Gasteiger partial charge on any atom is 0.245 e. The van der Waals surface area contributed by atoms with E-state index >= 15 is 0 Å². The fraction of sp³-hybridized carbons (Fsp3) is 0.511. The van der Waals surface area contributed by atoms with Crippen molar-refractivity contribution in [2.45, 2.75) is 125 Å². The van der Waals surface area contributed by atoms with Gasteiger partial charge in [0.25, 0.3) is 0 Å². The van der Waals surface area contributed by atoms with Crippen LogP contribution in [0.4, 0.5) is 0 Å². The molecule has 3 aromatic rings. The number of hydrogen-bond acceptors (Lipinski definition) is 13. The first-order valence-corrected chi connectivity index (χ1v) is 24.8. The van der Waals surface area contributed by atoms with E-state index in [1.165, 1.54) is 28.5 Å². The zero-order valence-electron chi connectivity index (χ0n) is 38.6. The van der Waals surface area contributed by atoms with Crippen LogP contribution in [0.3, 0.4) is 0 Å². The van der Waals surface area contributed by atoms with Crippen LogP contribution >= 0.6 is 21.6 Å². The number of guanidine groups is 1. The molecular weight excluding hydrogens is 915 g/mol. The van der Waals surface area contributed by atoms with Crippen LogP contribution in [0.2, 0.25) is 0 Å². The number of amides is 7. The molecule has 2 heterocycles. The first-order chi connectivity index (χ1) is 32.3. The number of unbranched alkanes of at least 4 members (excludes halogenated alkanes) is 1. The molecule has 1 aromatic heterocycles. The van der Waals surface area contributed by atoms with Gasteiger partial charge in [-0.2, -0.15) is 0 Å². The molecule has 1 aliphatic heterocycles. The number of aliphatic imine (C=N–C) groups is 1. The van der Waals surface area contributed by atoms with Gasteiger partial charge in [-0.1, -0.05) is 76.5 Å². The number of aromatic nitrogens is 1. The molecule has 0 radical (unpaired) electrons. The second-order valence-corrected chi connectivity index (χ2v) is 20.3. The molecule has 1 aliphatic rings. The lowest BCUT2D eigenvalue weighted by Gasteiger charge is -2.33. The number of carbonyl (C=O) groups excluding carboxylic acids is 7. The minimum atomic E-state index is -1.63. The van der Waals surface area contributed by atoms with Gasteiger partial charge in [-0.15, -0.1) is 0 Å². The Morgan fingerprint density at radius 3 is 2.13 bits per heavy atom. The third-order valence-electron chi connectivity index (χ3n) is 11.3. The van der Waals surface area contributed by atoms with Gasteiger partial charge in [0.2, 0.25) is 41.4 Å². The van der Waals surface area contributed by atoms with E-state index in [2.05, 4.69) is 41.9 Å². The summed E-state index contributed by atoms with van der Waals surface area (Å²) in [5.74, 6) is -5.60. The Morgan fingerprint density at radius 1 is 0.824 bits per heavy atom. The van der Waals surface area contributed by atoms with Gasteiger partial charge < -0.3 is 70.7 Å². The summed E-state index contributed by atoms with van der Waals surface area (Å²) in [5.41, 5.74) is 30.9. The van der Waals surface area contributed by atoms with Crippen LogP contribution in [0.15, 0.2) is 65.8 Å². The van der Waals surface area contributed by atoms with Gasteiger partial charge in [-0.25, -0.2) is 0 Å². The Kier molecular flexibility index (Phi) is 21.4. The smallest absolute Gasteiger partial charge is 0.245 e. The topological polar surface area (TPSA) is 370 Å². The number of hydrogen-bond donors (Lipinski definition) is 13. The zero-order valence-corrected chi connectivity index (χ0v) is 40.3. The summed E-state index contributed by atoms with van der Waals surface area (Å²) in [5, 5.41) is 27.9. The lowest BCUT2D eigenvalue weighted by Crippen LogP contribution is -2.62. The summed E-state index contributed by atoms with van der Waals surface area (Å²) < 4.78 is -1.10. The molecule has 0 spiro atoms. The largest absolute Gasteiger partial charge is 0.391 e. The van der Waals surface area contributed by atoms with Gasteiger partial charge in [0.15, 0.2) is 5.96 Å². The molecule has 1 saturated heterocycles. The normalized spacial score (nSPS) is 23.3. The van der Waals surface area contributed by atoms with Crippen molar-refractivity contribution in [1.29, 1.82) is 0 Å². The van der Waals surface area contributed by atoms with E-state index in [1.54, 1.807) is 50.4 Å². The molecule has 18 N–H and O–H groups in total. The van der Waals surface area contributed by atoms with Crippen molar-refractivity contribution in [3.8, 4) is 0 Å². The number of fused-ring (bicyclic) bond motifs is 1. The summed E-state index contributed by atoms with van der Waals surface area (Å²) >= 11 is 0. The molecule has 0 aliphatic carbocycles. The van der Waals surface area contributed by atoms with Crippen molar-refractivity contribution < 1.29 is 38.7 Å². The van der Waals surface area contributed by atoms with E-state index in [0.29, 0.717) is 36.9 Å². The molecule has 1 fully saturated rings. The lowest BCUT2D eigenvalue weighted by atomic mass is 9.99. The second-order valence-electron chi connectivity index (χ2n) is 17.2.